The van der Waals surface area contributed by atoms with Gasteiger partial charge in [-0.25, -0.2) is 8.42 Å². The topological polar surface area (TPSA) is 90.7 Å². The fraction of sp³-hybridized carbons (Fsp3) is 0.500. The van der Waals surface area contributed by atoms with Crippen molar-refractivity contribution in [1.29, 1.82) is 0 Å². The van der Waals surface area contributed by atoms with Crippen LogP contribution >= 0.6 is 0 Å². The lowest BCUT2D eigenvalue weighted by atomic mass is 10.0. The van der Waals surface area contributed by atoms with Crippen LogP contribution in [0.25, 0.3) is 0 Å². The fourth-order valence-electron chi connectivity index (χ4n) is 3.72. The van der Waals surface area contributed by atoms with Gasteiger partial charge in [-0.15, -0.1) is 0 Å². The minimum atomic E-state index is -3.73. The summed E-state index contributed by atoms with van der Waals surface area (Å²) < 4.78 is 39.7. The number of para-hydroxylation sites is 1. The summed E-state index contributed by atoms with van der Waals surface area (Å²) in [7, 11) is -0.795. The lowest BCUT2D eigenvalue weighted by Crippen LogP contribution is -2.38. The molecule has 29 heavy (non-hydrogen) atoms. The molecule has 9 heteroatoms. The summed E-state index contributed by atoms with van der Waals surface area (Å²) in [4.78, 5) is 13.3. The smallest absolute Gasteiger partial charge is 0.282 e. The molecule has 1 saturated heterocycles. The third-order valence-corrected chi connectivity index (χ3v) is 7.54. The molecule has 0 saturated carbocycles. The van der Waals surface area contributed by atoms with E-state index in [0.29, 0.717) is 30.5 Å². The second-order valence-corrected chi connectivity index (χ2v) is 9.22. The Labute approximate surface area is 171 Å². The molecule has 8 nitrogen and oxygen atoms in total. The molecule has 0 radical (unpaired) electrons. The third-order valence-electron chi connectivity index (χ3n) is 5.39. The van der Waals surface area contributed by atoms with Crippen LogP contribution in [0.5, 0.6) is 11.5 Å². The second-order valence-electron chi connectivity index (χ2n) is 7.34. The Hall–Kier alpha value is -2.39. The summed E-state index contributed by atoms with van der Waals surface area (Å²) in [5, 5.41) is 4.26. The molecule has 2 aromatic rings. The number of hydrogen-bond acceptors (Lipinski definition) is 6. The molecule has 0 unspecified atom stereocenters. The lowest BCUT2D eigenvalue weighted by molar-refractivity contribution is 0.0938. The number of nitrogens with zero attached hydrogens (tertiary/aromatic N) is 3. The Morgan fingerprint density at radius 2 is 1.79 bits per heavy atom. The van der Waals surface area contributed by atoms with E-state index in [0.717, 1.165) is 17.5 Å². The van der Waals surface area contributed by atoms with E-state index < -0.39 is 15.9 Å². The van der Waals surface area contributed by atoms with E-state index in [1.807, 2.05) is 0 Å². The summed E-state index contributed by atoms with van der Waals surface area (Å²) in [5.41, 5.74) is 0.834. The van der Waals surface area contributed by atoms with Gasteiger partial charge in [0.25, 0.3) is 5.91 Å². The van der Waals surface area contributed by atoms with Gasteiger partial charge in [-0.05, 0) is 44.7 Å². The molecule has 0 N–H and O–H groups in total. The molecule has 0 bridgehead atoms. The average Bonchev–Trinajstić information content (AvgIpc) is 3.01. The second kappa shape index (κ2) is 8.16. The van der Waals surface area contributed by atoms with Crippen LogP contribution in [0.3, 0.4) is 0 Å². The highest BCUT2D eigenvalue weighted by molar-refractivity contribution is 7.89. The average molecular weight is 422 g/mol. The van der Waals surface area contributed by atoms with E-state index in [1.165, 1.54) is 18.5 Å². The van der Waals surface area contributed by atoms with Crippen LogP contribution in [0.15, 0.2) is 23.1 Å². The summed E-state index contributed by atoms with van der Waals surface area (Å²) in [5.74, 6) is 0.723. The van der Waals surface area contributed by atoms with Crippen LogP contribution in [0, 0.1) is 19.8 Å². The normalized spacial score (nSPS) is 16.0. The molecule has 1 aromatic carbocycles. The molecular weight excluding hydrogens is 394 g/mol. The lowest BCUT2D eigenvalue weighted by Gasteiger charge is -2.29. The van der Waals surface area contributed by atoms with Gasteiger partial charge in [0.1, 0.15) is 4.90 Å². The maximum atomic E-state index is 13.2. The Bertz CT molecular complexity index is 1020. The highest BCUT2D eigenvalue weighted by atomic mass is 32.2. The van der Waals surface area contributed by atoms with E-state index in [4.69, 9.17) is 9.47 Å². The van der Waals surface area contributed by atoms with Crippen molar-refractivity contribution in [2.75, 3.05) is 27.3 Å². The van der Waals surface area contributed by atoms with Gasteiger partial charge >= 0.3 is 0 Å². The highest BCUT2D eigenvalue weighted by Gasteiger charge is 2.34. The van der Waals surface area contributed by atoms with Crippen molar-refractivity contribution >= 4 is 15.9 Å². The number of methoxy groups -OCH3 is 2. The predicted molar refractivity (Wildman–Crippen MR) is 108 cm³/mol. The van der Waals surface area contributed by atoms with Gasteiger partial charge in [0.2, 0.25) is 10.0 Å². The Morgan fingerprint density at radius 1 is 1.14 bits per heavy atom. The maximum Gasteiger partial charge on any atom is 0.282 e. The van der Waals surface area contributed by atoms with Crippen LogP contribution < -0.4 is 9.47 Å². The number of aromatic nitrogens is 2. The van der Waals surface area contributed by atoms with Crippen molar-refractivity contribution in [2.24, 2.45) is 5.92 Å². The zero-order valence-electron chi connectivity index (χ0n) is 17.4. The summed E-state index contributed by atoms with van der Waals surface area (Å²) in [6.45, 7) is 6.29. The van der Waals surface area contributed by atoms with Gasteiger partial charge in [0, 0.05) is 13.1 Å². The van der Waals surface area contributed by atoms with Crippen LogP contribution in [-0.4, -0.2) is 55.7 Å². The Balaban J connectivity index is 2.03. The van der Waals surface area contributed by atoms with E-state index in [9.17, 15) is 13.2 Å². The van der Waals surface area contributed by atoms with E-state index >= 15 is 0 Å². The van der Waals surface area contributed by atoms with Crippen molar-refractivity contribution in [3.8, 4) is 11.5 Å². The predicted octanol–water partition coefficient (Wildman–Crippen LogP) is 2.63. The van der Waals surface area contributed by atoms with Gasteiger partial charge in [0.15, 0.2) is 11.5 Å². The van der Waals surface area contributed by atoms with Crippen LogP contribution in [0.1, 0.15) is 41.5 Å². The molecule has 1 aliphatic rings. The van der Waals surface area contributed by atoms with Gasteiger partial charge in [-0.1, -0.05) is 13.0 Å². The zero-order valence-corrected chi connectivity index (χ0v) is 18.2. The molecular formula is C20H27N3O5S. The number of carbonyl (C=O) groups is 1. The van der Waals surface area contributed by atoms with E-state index in [2.05, 4.69) is 12.0 Å². The Morgan fingerprint density at radius 3 is 2.38 bits per heavy atom. The molecule has 0 spiro atoms. The highest BCUT2D eigenvalue weighted by Crippen LogP contribution is 2.33. The number of hydrogen-bond donors (Lipinski definition) is 0. The summed E-state index contributed by atoms with van der Waals surface area (Å²) in [6.07, 6.45) is 1.65. The number of piperidine rings is 1. The third kappa shape index (κ3) is 3.76. The van der Waals surface area contributed by atoms with Crippen molar-refractivity contribution in [1.82, 2.24) is 14.1 Å². The first-order valence-corrected chi connectivity index (χ1v) is 11.0. The fourth-order valence-corrected chi connectivity index (χ4v) is 5.55. The number of rotatable bonds is 5. The van der Waals surface area contributed by atoms with Crippen molar-refractivity contribution in [3.05, 3.63) is 35.2 Å². The van der Waals surface area contributed by atoms with Gasteiger partial charge in [-0.2, -0.15) is 14.1 Å². The largest absolute Gasteiger partial charge is 0.493 e. The molecule has 3 rings (SSSR count). The maximum absolute atomic E-state index is 13.2. The van der Waals surface area contributed by atoms with E-state index in [-0.39, 0.29) is 21.9 Å². The molecule has 0 aliphatic carbocycles. The summed E-state index contributed by atoms with van der Waals surface area (Å²) in [6, 6.07) is 4.96. The number of carbonyl (C=O) groups excluding carboxylic acids is 1. The monoisotopic (exact) mass is 421 g/mol. The number of aryl methyl sites for hydroxylation is 1. The van der Waals surface area contributed by atoms with Crippen LogP contribution in [0.2, 0.25) is 0 Å². The van der Waals surface area contributed by atoms with Crippen molar-refractivity contribution in [2.45, 2.75) is 38.5 Å². The van der Waals surface area contributed by atoms with E-state index in [1.54, 1.807) is 32.0 Å². The van der Waals surface area contributed by atoms with Crippen LogP contribution in [0.4, 0.5) is 0 Å². The minimum Gasteiger partial charge on any atom is -0.493 e. The van der Waals surface area contributed by atoms with Gasteiger partial charge in [-0.3, -0.25) is 4.79 Å². The molecule has 158 valence electrons. The van der Waals surface area contributed by atoms with Gasteiger partial charge < -0.3 is 9.47 Å². The number of sulfonamides is 1. The Kier molecular flexibility index (Phi) is 6.00. The van der Waals surface area contributed by atoms with Crippen LogP contribution in [-0.2, 0) is 10.0 Å². The molecule has 2 heterocycles. The van der Waals surface area contributed by atoms with Crippen molar-refractivity contribution in [3.63, 3.8) is 0 Å². The first kappa shape index (κ1) is 21.3. The number of ether oxygens (including phenoxy) is 2. The number of benzene rings is 1. The summed E-state index contributed by atoms with van der Waals surface area (Å²) >= 11 is 0. The molecule has 1 aromatic heterocycles. The standard InChI is InChI=1S/C20H27N3O5S/c1-13-9-11-22(12-10-13)29(25,26)19-14(2)21-23(15(19)3)20(24)16-7-6-8-17(27-4)18(16)28-5/h6-8,13H,9-12H2,1-5H3. The molecule has 0 amide bonds. The first-order valence-electron chi connectivity index (χ1n) is 9.54. The first-order chi connectivity index (χ1) is 13.7. The molecule has 0 atom stereocenters. The molecule has 1 fully saturated rings. The quantitative estimate of drug-likeness (QED) is 0.737. The van der Waals surface area contributed by atoms with Gasteiger partial charge in [0.05, 0.1) is 31.2 Å². The zero-order chi connectivity index (χ0) is 21.3. The molecule has 1 aliphatic heterocycles. The minimum absolute atomic E-state index is 0.0993. The van der Waals surface area contributed by atoms with Crippen molar-refractivity contribution < 1.29 is 22.7 Å². The SMILES string of the molecule is COc1cccc(C(=O)n2nc(C)c(S(=O)(=O)N3CCC(C)CC3)c2C)c1OC.